The second kappa shape index (κ2) is 8.19. The van der Waals surface area contributed by atoms with E-state index in [2.05, 4.69) is 66.4 Å². The molecule has 0 atom stereocenters. The molecule has 0 aliphatic carbocycles. The van der Waals surface area contributed by atoms with Crippen molar-refractivity contribution in [1.82, 2.24) is 14.5 Å². The predicted octanol–water partition coefficient (Wildman–Crippen LogP) is 5.02. The highest BCUT2D eigenvalue weighted by Gasteiger charge is 2.39. The van der Waals surface area contributed by atoms with Crippen molar-refractivity contribution < 1.29 is 4.39 Å². The summed E-state index contributed by atoms with van der Waals surface area (Å²) in [5, 5.41) is 3.58. The summed E-state index contributed by atoms with van der Waals surface area (Å²) in [5.41, 5.74) is 10.4. The largest absolute Gasteiger partial charge is 0.360 e. The number of aryl methyl sites for hydroxylation is 1. The Balaban J connectivity index is 1.83. The van der Waals surface area contributed by atoms with Crippen molar-refractivity contribution in [1.29, 1.82) is 0 Å². The van der Waals surface area contributed by atoms with Gasteiger partial charge in [0.15, 0.2) is 0 Å². The Labute approximate surface area is 183 Å². The lowest BCUT2D eigenvalue weighted by Gasteiger charge is -2.44. The molecule has 2 aromatic carbocycles. The van der Waals surface area contributed by atoms with E-state index >= 15 is 0 Å². The monoisotopic (exact) mass is 419 g/mol. The number of anilines is 2. The fourth-order valence-electron chi connectivity index (χ4n) is 4.30. The second-order valence-electron chi connectivity index (χ2n) is 8.45. The summed E-state index contributed by atoms with van der Waals surface area (Å²) in [6, 6.07) is 14.9. The van der Waals surface area contributed by atoms with Gasteiger partial charge >= 0.3 is 0 Å². The van der Waals surface area contributed by atoms with Gasteiger partial charge in [-0.25, -0.2) is 9.37 Å². The number of aromatic nitrogens is 2. The first-order valence-electron chi connectivity index (χ1n) is 10.7. The van der Waals surface area contributed by atoms with E-state index in [0.29, 0.717) is 6.54 Å². The van der Waals surface area contributed by atoms with E-state index in [1.165, 1.54) is 17.7 Å². The fraction of sp³-hybridized carbons (Fsp3) is 0.320. The first kappa shape index (κ1) is 21.1. The van der Waals surface area contributed by atoms with Gasteiger partial charge in [-0.1, -0.05) is 25.6 Å². The molecule has 31 heavy (non-hydrogen) atoms. The summed E-state index contributed by atoms with van der Waals surface area (Å²) in [7, 11) is 0. The van der Waals surface area contributed by atoms with Crippen LogP contribution in [0.25, 0.3) is 11.3 Å². The summed E-state index contributed by atoms with van der Waals surface area (Å²) in [6.45, 7) is 12.5. The van der Waals surface area contributed by atoms with E-state index in [9.17, 15) is 4.39 Å². The standard InChI is InChI=1S/C25H30FN5/c1-5-18-6-12-21(13-7-18)28-23-22(19-8-10-20(26)11-9-19)29-24-25(3,4)31(17(2)16-27)15-14-30(23)24/h6-13,28H,2,5,14-16,27H2,1,3-4H3. The fourth-order valence-corrected chi connectivity index (χ4v) is 4.30. The number of imidazole rings is 1. The van der Waals surface area contributed by atoms with Crippen molar-refractivity contribution in [2.75, 3.05) is 18.4 Å². The maximum atomic E-state index is 13.6. The van der Waals surface area contributed by atoms with Crippen LogP contribution < -0.4 is 11.1 Å². The minimum atomic E-state index is -0.379. The minimum absolute atomic E-state index is 0.261. The zero-order chi connectivity index (χ0) is 22.2. The maximum absolute atomic E-state index is 13.6. The number of rotatable bonds is 6. The molecule has 0 saturated heterocycles. The van der Waals surface area contributed by atoms with Crippen LogP contribution in [0.1, 0.15) is 32.2 Å². The van der Waals surface area contributed by atoms with E-state index in [1.54, 1.807) is 12.1 Å². The van der Waals surface area contributed by atoms with Crippen LogP contribution in [0.15, 0.2) is 60.8 Å². The second-order valence-corrected chi connectivity index (χ2v) is 8.45. The Morgan fingerprint density at radius 3 is 2.42 bits per heavy atom. The third-order valence-electron chi connectivity index (χ3n) is 6.10. The van der Waals surface area contributed by atoms with Crippen LogP contribution in [0.4, 0.5) is 15.9 Å². The Morgan fingerprint density at radius 2 is 1.81 bits per heavy atom. The molecule has 0 radical (unpaired) electrons. The SMILES string of the molecule is C=C(CN)N1CCn2c(nc(-c3ccc(F)cc3)c2Nc2ccc(CC)cc2)C1(C)C. The van der Waals surface area contributed by atoms with E-state index in [-0.39, 0.29) is 11.4 Å². The summed E-state index contributed by atoms with van der Waals surface area (Å²) < 4.78 is 15.8. The number of benzene rings is 2. The number of nitrogens with two attached hydrogens (primary N) is 1. The summed E-state index contributed by atoms with van der Waals surface area (Å²) in [4.78, 5) is 7.28. The smallest absolute Gasteiger partial charge is 0.138 e. The van der Waals surface area contributed by atoms with E-state index < -0.39 is 0 Å². The van der Waals surface area contributed by atoms with Gasteiger partial charge in [-0.15, -0.1) is 0 Å². The predicted molar refractivity (Wildman–Crippen MR) is 125 cm³/mol. The van der Waals surface area contributed by atoms with Crippen molar-refractivity contribution in [2.24, 2.45) is 5.73 Å². The molecule has 3 N–H and O–H groups in total. The molecule has 1 aliphatic heterocycles. The Kier molecular flexibility index (Phi) is 5.58. The lowest BCUT2D eigenvalue weighted by Crippen LogP contribution is -2.49. The molecule has 5 nitrogen and oxygen atoms in total. The molecule has 6 heteroatoms. The molecule has 0 amide bonds. The molecule has 1 aromatic heterocycles. The minimum Gasteiger partial charge on any atom is -0.360 e. The first-order chi connectivity index (χ1) is 14.8. The zero-order valence-electron chi connectivity index (χ0n) is 18.5. The molecule has 0 spiro atoms. The van der Waals surface area contributed by atoms with E-state index in [1.807, 2.05) is 0 Å². The number of hydrogen-bond donors (Lipinski definition) is 2. The number of nitrogens with one attached hydrogen (secondary N) is 1. The van der Waals surface area contributed by atoms with Gasteiger partial charge in [0.05, 0.1) is 5.54 Å². The Morgan fingerprint density at radius 1 is 1.13 bits per heavy atom. The van der Waals surface area contributed by atoms with Gasteiger partial charge in [-0.05, 0) is 62.2 Å². The van der Waals surface area contributed by atoms with Crippen LogP contribution in [-0.4, -0.2) is 27.5 Å². The van der Waals surface area contributed by atoms with E-state index in [4.69, 9.17) is 10.7 Å². The van der Waals surface area contributed by atoms with Crippen molar-refractivity contribution in [2.45, 2.75) is 39.3 Å². The maximum Gasteiger partial charge on any atom is 0.138 e. The average molecular weight is 420 g/mol. The zero-order valence-corrected chi connectivity index (χ0v) is 18.5. The highest BCUT2D eigenvalue weighted by atomic mass is 19.1. The molecular weight excluding hydrogens is 389 g/mol. The van der Waals surface area contributed by atoms with Crippen LogP contribution in [0.5, 0.6) is 0 Å². The number of fused-ring (bicyclic) bond motifs is 1. The molecule has 0 unspecified atom stereocenters. The van der Waals surface area contributed by atoms with E-state index in [0.717, 1.165) is 53.8 Å². The molecule has 2 heterocycles. The summed E-state index contributed by atoms with van der Waals surface area (Å²) in [6.07, 6.45) is 0.998. The molecule has 0 saturated carbocycles. The van der Waals surface area contributed by atoms with Gasteiger partial charge in [0.2, 0.25) is 0 Å². The van der Waals surface area contributed by atoms with Gasteiger partial charge in [0, 0.05) is 36.6 Å². The quantitative estimate of drug-likeness (QED) is 0.589. The number of hydrogen-bond acceptors (Lipinski definition) is 4. The lowest BCUT2D eigenvalue weighted by atomic mass is 9.98. The van der Waals surface area contributed by atoms with Gasteiger partial charge < -0.3 is 20.5 Å². The van der Waals surface area contributed by atoms with Crippen LogP contribution in [0.3, 0.4) is 0 Å². The molecule has 162 valence electrons. The highest BCUT2D eigenvalue weighted by molar-refractivity contribution is 5.77. The third-order valence-corrected chi connectivity index (χ3v) is 6.10. The van der Waals surface area contributed by atoms with Crippen molar-refractivity contribution >= 4 is 11.5 Å². The highest BCUT2D eigenvalue weighted by Crippen LogP contribution is 2.40. The molecule has 4 rings (SSSR count). The molecule has 3 aromatic rings. The average Bonchev–Trinajstić information content (AvgIpc) is 3.14. The Hall–Kier alpha value is -3.12. The first-order valence-corrected chi connectivity index (χ1v) is 10.7. The van der Waals surface area contributed by atoms with Crippen molar-refractivity contribution in [3.63, 3.8) is 0 Å². The normalized spacial score (nSPS) is 14.9. The summed E-state index contributed by atoms with van der Waals surface area (Å²) >= 11 is 0. The third kappa shape index (κ3) is 3.83. The van der Waals surface area contributed by atoms with Crippen LogP contribution in [-0.2, 0) is 18.5 Å². The Bertz CT molecular complexity index is 1080. The van der Waals surface area contributed by atoms with Gasteiger partial charge in [-0.2, -0.15) is 0 Å². The van der Waals surface area contributed by atoms with Gasteiger partial charge in [0.25, 0.3) is 0 Å². The molecule has 0 bridgehead atoms. The van der Waals surface area contributed by atoms with Gasteiger partial charge in [0.1, 0.15) is 23.2 Å². The van der Waals surface area contributed by atoms with Crippen molar-refractivity contribution in [3.8, 4) is 11.3 Å². The molecule has 1 aliphatic rings. The van der Waals surface area contributed by atoms with Crippen molar-refractivity contribution in [3.05, 3.63) is 78.0 Å². The van der Waals surface area contributed by atoms with Crippen LogP contribution >= 0.6 is 0 Å². The number of halogens is 1. The molecule has 0 fully saturated rings. The van der Waals surface area contributed by atoms with Gasteiger partial charge in [-0.3, -0.25) is 0 Å². The lowest BCUT2D eigenvalue weighted by molar-refractivity contribution is 0.118. The molecular formula is C25H30FN5. The summed E-state index contributed by atoms with van der Waals surface area (Å²) in [5.74, 6) is 1.58. The number of nitrogens with zero attached hydrogens (tertiary/aromatic N) is 3. The topological polar surface area (TPSA) is 59.1 Å². The van der Waals surface area contributed by atoms with Crippen LogP contribution in [0, 0.1) is 5.82 Å². The van der Waals surface area contributed by atoms with Crippen LogP contribution in [0.2, 0.25) is 0 Å².